The van der Waals surface area contributed by atoms with Gasteiger partial charge in [-0.2, -0.15) is 0 Å². The summed E-state index contributed by atoms with van der Waals surface area (Å²) >= 11 is 5.93. The summed E-state index contributed by atoms with van der Waals surface area (Å²) in [5, 5.41) is 9.95. The average molecular weight is 328 g/mol. The van der Waals surface area contributed by atoms with Crippen molar-refractivity contribution >= 4 is 27.3 Å². The maximum atomic E-state index is 12.3. The van der Waals surface area contributed by atoms with E-state index in [1.54, 1.807) is 19.1 Å². The zero-order valence-electron chi connectivity index (χ0n) is 11.4. The fraction of sp³-hybridized carbons (Fsp3) is 0.143. The third-order valence-electron chi connectivity index (χ3n) is 2.92. The smallest absolute Gasteiger partial charge is 0.262 e. The molecule has 2 aromatic carbocycles. The lowest BCUT2D eigenvalue weighted by atomic mass is 10.2. The minimum Gasteiger partial charge on any atom is -0.506 e. The van der Waals surface area contributed by atoms with Crippen molar-refractivity contribution in [3.63, 3.8) is 0 Å². The number of aromatic hydroxyl groups is 1. The Morgan fingerprint density at radius 3 is 2.52 bits per heavy atom. The molecule has 0 aliphatic heterocycles. The van der Waals surface area contributed by atoms with Crippen molar-refractivity contribution in [2.24, 2.45) is 0 Å². The molecule has 0 amide bonds. The van der Waals surface area contributed by atoms with Crippen LogP contribution in [0.5, 0.6) is 11.5 Å². The van der Waals surface area contributed by atoms with Crippen LogP contribution in [0.3, 0.4) is 0 Å². The first-order valence-corrected chi connectivity index (χ1v) is 7.86. The Bertz CT molecular complexity index is 754. The highest BCUT2D eigenvalue weighted by molar-refractivity contribution is 7.92. The normalized spacial score (nSPS) is 11.2. The maximum Gasteiger partial charge on any atom is 0.262 e. The third kappa shape index (κ3) is 3.22. The number of methoxy groups -OCH3 is 1. The first kappa shape index (κ1) is 15.5. The zero-order chi connectivity index (χ0) is 15.6. The first-order valence-electron chi connectivity index (χ1n) is 6.00. The average Bonchev–Trinajstić information content (AvgIpc) is 2.43. The van der Waals surface area contributed by atoms with Gasteiger partial charge < -0.3 is 9.84 Å². The molecule has 0 unspecified atom stereocenters. The van der Waals surface area contributed by atoms with Crippen molar-refractivity contribution in [2.45, 2.75) is 11.8 Å². The Kier molecular flexibility index (Phi) is 4.29. The number of hydrogen-bond donors (Lipinski definition) is 2. The number of hydrogen-bond acceptors (Lipinski definition) is 4. The summed E-state index contributed by atoms with van der Waals surface area (Å²) in [5.41, 5.74) is 0.752. The van der Waals surface area contributed by atoms with E-state index in [4.69, 9.17) is 16.3 Å². The quantitative estimate of drug-likeness (QED) is 0.846. The van der Waals surface area contributed by atoms with Crippen LogP contribution in [0, 0.1) is 6.92 Å². The van der Waals surface area contributed by atoms with Crippen molar-refractivity contribution in [1.82, 2.24) is 0 Å². The monoisotopic (exact) mass is 327 g/mol. The Labute approximate surface area is 128 Å². The van der Waals surface area contributed by atoms with Gasteiger partial charge in [-0.05, 0) is 36.8 Å². The summed E-state index contributed by atoms with van der Waals surface area (Å²) in [6.45, 7) is 1.69. The van der Waals surface area contributed by atoms with E-state index in [0.717, 1.165) is 0 Å². The first-order chi connectivity index (χ1) is 9.85. The van der Waals surface area contributed by atoms with E-state index in [-0.39, 0.29) is 21.4 Å². The number of halogens is 1. The number of anilines is 1. The Morgan fingerprint density at radius 2 is 1.95 bits per heavy atom. The van der Waals surface area contributed by atoms with Crippen LogP contribution in [-0.4, -0.2) is 20.6 Å². The van der Waals surface area contributed by atoms with E-state index >= 15 is 0 Å². The summed E-state index contributed by atoms with van der Waals surface area (Å²) in [7, 11) is -2.41. The van der Waals surface area contributed by atoms with Gasteiger partial charge in [0.15, 0.2) is 0 Å². The predicted molar refractivity (Wildman–Crippen MR) is 81.7 cm³/mol. The molecule has 2 N–H and O–H groups in total. The molecule has 0 atom stereocenters. The van der Waals surface area contributed by atoms with Gasteiger partial charge >= 0.3 is 0 Å². The van der Waals surface area contributed by atoms with Gasteiger partial charge in [-0.25, -0.2) is 8.42 Å². The van der Waals surface area contributed by atoms with Crippen LogP contribution in [0.2, 0.25) is 5.02 Å². The van der Waals surface area contributed by atoms with Crippen LogP contribution in [0.4, 0.5) is 5.69 Å². The van der Waals surface area contributed by atoms with E-state index in [2.05, 4.69) is 4.72 Å². The van der Waals surface area contributed by atoms with Gasteiger partial charge in [-0.15, -0.1) is 0 Å². The number of sulfonamides is 1. The number of phenolic OH excluding ortho intramolecular Hbond substituents is 1. The zero-order valence-corrected chi connectivity index (χ0v) is 13.0. The second kappa shape index (κ2) is 5.83. The van der Waals surface area contributed by atoms with Gasteiger partial charge in [0.2, 0.25) is 0 Å². The SMILES string of the molecule is COc1ccc(S(=O)(=O)Nc2c(C)cccc2O)cc1Cl. The third-order valence-corrected chi connectivity index (χ3v) is 4.56. The minimum atomic E-state index is -3.86. The van der Waals surface area contributed by atoms with Crippen molar-refractivity contribution in [3.8, 4) is 11.5 Å². The predicted octanol–water partition coefficient (Wildman–Crippen LogP) is 3.16. The Balaban J connectivity index is 2.41. The number of rotatable bonds is 4. The largest absolute Gasteiger partial charge is 0.506 e. The van der Waals surface area contributed by atoms with Gasteiger partial charge in [0.25, 0.3) is 10.0 Å². The van der Waals surface area contributed by atoms with Gasteiger partial charge in [0, 0.05) is 0 Å². The molecule has 0 radical (unpaired) electrons. The van der Waals surface area contributed by atoms with Gasteiger partial charge in [-0.1, -0.05) is 23.7 Å². The molecule has 112 valence electrons. The molecule has 0 heterocycles. The number of benzene rings is 2. The molecule has 0 bridgehead atoms. The molecule has 2 aromatic rings. The summed E-state index contributed by atoms with van der Waals surface area (Å²) in [6, 6.07) is 8.87. The lowest BCUT2D eigenvalue weighted by molar-refractivity contribution is 0.414. The summed E-state index contributed by atoms with van der Waals surface area (Å²) in [6.07, 6.45) is 0. The maximum absolute atomic E-state index is 12.3. The molecule has 0 saturated heterocycles. The van der Waals surface area contributed by atoms with Crippen LogP contribution in [-0.2, 0) is 10.0 Å². The summed E-state index contributed by atoms with van der Waals surface area (Å²) in [4.78, 5) is -0.0176. The van der Waals surface area contributed by atoms with Gasteiger partial charge in [-0.3, -0.25) is 4.72 Å². The van der Waals surface area contributed by atoms with E-state index in [0.29, 0.717) is 11.3 Å². The molecule has 0 fully saturated rings. The molecule has 5 nitrogen and oxygen atoms in total. The molecular formula is C14H14ClNO4S. The molecule has 0 aliphatic rings. The van der Waals surface area contributed by atoms with Crippen LogP contribution < -0.4 is 9.46 Å². The number of phenols is 1. The van der Waals surface area contributed by atoms with Crippen LogP contribution in [0.15, 0.2) is 41.3 Å². The molecule has 21 heavy (non-hydrogen) atoms. The van der Waals surface area contributed by atoms with Crippen molar-refractivity contribution in [1.29, 1.82) is 0 Å². The number of aryl methyl sites for hydroxylation is 1. The van der Waals surface area contributed by atoms with Gasteiger partial charge in [0.05, 0.1) is 22.7 Å². The lowest BCUT2D eigenvalue weighted by Gasteiger charge is -2.13. The van der Waals surface area contributed by atoms with Crippen molar-refractivity contribution in [2.75, 3.05) is 11.8 Å². The van der Waals surface area contributed by atoms with Crippen LogP contribution in [0.25, 0.3) is 0 Å². The second-order valence-electron chi connectivity index (χ2n) is 4.37. The molecule has 0 spiro atoms. The summed E-state index contributed by atoms with van der Waals surface area (Å²) < 4.78 is 32.0. The highest BCUT2D eigenvalue weighted by atomic mass is 35.5. The topological polar surface area (TPSA) is 75.6 Å². The highest BCUT2D eigenvalue weighted by Gasteiger charge is 2.18. The van der Waals surface area contributed by atoms with Gasteiger partial charge in [0.1, 0.15) is 11.5 Å². The number of nitrogens with one attached hydrogen (secondary N) is 1. The number of ether oxygens (including phenoxy) is 1. The van der Waals surface area contributed by atoms with E-state index in [1.807, 2.05) is 0 Å². The number of para-hydroxylation sites is 1. The minimum absolute atomic E-state index is 0.0176. The van der Waals surface area contributed by atoms with Crippen molar-refractivity contribution < 1.29 is 18.3 Å². The second-order valence-corrected chi connectivity index (χ2v) is 6.46. The van der Waals surface area contributed by atoms with E-state index in [1.165, 1.54) is 31.4 Å². The van der Waals surface area contributed by atoms with Crippen LogP contribution in [0.1, 0.15) is 5.56 Å². The van der Waals surface area contributed by atoms with Crippen LogP contribution >= 0.6 is 11.6 Å². The summed E-state index contributed by atoms with van der Waals surface area (Å²) in [5.74, 6) is 0.243. The fourth-order valence-corrected chi connectivity index (χ4v) is 3.29. The molecule has 2 rings (SSSR count). The molecule has 0 saturated carbocycles. The highest BCUT2D eigenvalue weighted by Crippen LogP contribution is 2.31. The molecular weight excluding hydrogens is 314 g/mol. The Morgan fingerprint density at radius 1 is 1.24 bits per heavy atom. The molecule has 0 aliphatic carbocycles. The van der Waals surface area contributed by atoms with E-state index < -0.39 is 10.0 Å². The fourth-order valence-electron chi connectivity index (χ4n) is 1.79. The van der Waals surface area contributed by atoms with Crippen molar-refractivity contribution in [3.05, 3.63) is 47.0 Å². The Hall–Kier alpha value is -1.92. The standard InChI is InChI=1S/C14H14ClNO4S/c1-9-4-3-5-12(17)14(9)16-21(18,19)10-6-7-13(20-2)11(15)8-10/h3-8,16-17H,1-2H3. The van der Waals surface area contributed by atoms with E-state index in [9.17, 15) is 13.5 Å². The lowest BCUT2D eigenvalue weighted by Crippen LogP contribution is -2.14. The molecule has 0 aromatic heterocycles. The molecule has 7 heteroatoms.